The Hall–Kier alpha value is -6.64. The molecule has 0 atom stereocenters. The van der Waals surface area contributed by atoms with Crippen LogP contribution in [0, 0.1) is 0 Å². The first-order chi connectivity index (χ1) is 26.1. The van der Waals surface area contributed by atoms with Crippen molar-refractivity contribution in [3.63, 3.8) is 0 Å². The third-order valence-corrected chi connectivity index (χ3v) is 11.7. The molecule has 2 heteroatoms. The predicted octanol–water partition coefficient (Wildman–Crippen LogP) is 13.5. The molecule has 0 N–H and O–H groups in total. The van der Waals surface area contributed by atoms with Crippen molar-refractivity contribution >= 4 is 43.6 Å². The number of para-hydroxylation sites is 3. The zero-order valence-electron chi connectivity index (χ0n) is 29.7. The van der Waals surface area contributed by atoms with E-state index in [1.54, 1.807) is 0 Å². The van der Waals surface area contributed by atoms with Crippen LogP contribution in [0.4, 0.5) is 0 Å². The van der Waals surface area contributed by atoms with E-state index in [4.69, 9.17) is 0 Å². The second-order valence-electron chi connectivity index (χ2n) is 14.9. The zero-order chi connectivity index (χ0) is 35.3. The summed E-state index contributed by atoms with van der Waals surface area (Å²) in [5.74, 6) is 0. The molecule has 0 fully saturated rings. The van der Waals surface area contributed by atoms with Crippen LogP contribution in [0.25, 0.3) is 88.4 Å². The van der Waals surface area contributed by atoms with Gasteiger partial charge in [-0.25, -0.2) is 0 Å². The van der Waals surface area contributed by atoms with Crippen LogP contribution in [0.5, 0.6) is 0 Å². The Balaban J connectivity index is 1.21. The number of rotatable bonds is 4. The quantitative estimate of drug-likeness (QED) is 0.176. The summed E-state index contributed by atoms with van der Waals surface area (Å²) in [5, 5.41) is 5.12. The van der Waals surface area contributed by atoms with E-state index in [9.17, 15) is 0 Å². The molecule has 0 unspecified atom stereocenters. The minimum atomic E-state index is -0.142. The highest BCUT2D eigenvalue weighted by Gasteiger charge is 2.38. The normalized spacial score (nSPS) is 13.2. The molecular weight excluding hydrogens is 641 g/mol. The first kappa shape index (κ1) is 30.0. The molecule has 0 amide bonds. The van der Waals surface area contributed by atoms with Gasteiger partial charge in [0.05, 0.1) is 22.1 Å². The molecule has 0 bridgehead atoms. The van der Waals surface area contributed by atoms with Crippen LogP contribution in [-0.4, -0.2) is 9.13 Å². The number of benzene rings is 8. The summed E-state index contributed by atoms with van der Waals surface area (Å²) in [4.78, 5) is 0. The van der Waals surface area contributed by atoms with E-state index in [2.05, 4.69) is 205 Å². The fourth-order valence-electron chi connectivity index (χ4n) is 9.25. The third-order valence-electron chi connectivity index (χ3n) is 11.7. The zero-order valence-corrected chi connectivity index (χ0v) is 29.7. The van der Waals surface area contributed by atoms with E-state index < -0.39 is 0 Å². The van der Waals surface area contributed by atoms with Gasteiger partial charge in [-0.3, -0.25) is 0 Å². The highest BCUT2D eigenvalue weighted by molar-refractivity contribution is 6.22. The third kappa shape index (κ3) is 4.27. The average molecular weight is 677 g/mol. The van der Waals surface area contributed by atoms with E-state index in [1.165, 1.54) is 93.8 Å². The van der Waals surface area contributed by atoms with Crippen LogP contribution in [0.15, 0.2) is 182 Å². The Morgan fingerprint density at radius 1 is 0.377 bits per heavy atom. The van der Waals surface area contributed by atoms with E-state index in [0.29, 0.717) is 0 Å². The molecule has 1 aliphatic carbocycles. The molecule has 8 aromatic carbocycles. The number of nitrogens with zero attached hydrogens (tertiary/aromatic N) is 2. The van der Waals surface area contributed by atoms with E-state index in [0.717, 1.165) is 5.69 Å². The molecule has 0 spiro atoms. The molecule has 2 nitrogen and oxygen atoms in total. The van der Waals surface area contributed by atoms with Crippen molar-refractivity contribution in [1.29, 1.82) is 0 Å². The minimum Gasteiger partial charge on any atom is -0.309 e. The van der Waals surface area contributed by atoms with Gasteiger partial charge in [0, 0.05) is 43.9 Å². The van der Waals surface area contributed by atoms with Crippen molar-refractivity contribution in [2.75, 3.05) is 0 Å². The van der Waals surface area contributed by atoms with Crippen LogP contribution in [-0.2, 0) is 5.41 Å². The van der Waals surface area contributed by atoms with Crippen molar-refractivity contribution in [2.45, 2.75) is 19.3 Å². The first-order valence-electron chi connectivity index (χ1n) is 18.5. The molecule has 2 heterocycles. The Morgan fingerprint density at radius 3 is 1.72 bits per heavy atom. The molecule has 1 aliphatic rings. The number of hydrogen-bond acceptors (Lipinski definition) is 0. The van der Waals surface area contributed by atoms with Gasteiger partial charge in [-0.1, -0.05) is 141 Å². The van der Waals surface area contributed by atoms with E-state index in [-0.39, 0.29) is 5.41 Å². The molecule has 10 aromatic rings. The van der Waals surface area contributed by atoms with E-state index >= 15 is 0 Å². The summed E-state index contributed by atoms with van der Waals surface area (Å²) in [5.41, 5.74) is 17.5. The molecule has 0 aliphatic heterocycles. The maximum atomic E-state index is 2.51. The summed E-state index contributed by atoms with van der Waals surface area (Å²) in [6.45, 7) is 4.78. The lowest BCUT2D eigenvalue weighted by atomic mass is 9.81. The molecule has 53 heavy (non-hydrogen) atoms. The van der Waals surface area contributed by atoms with Crippen molar-refractivity contribution in [3.8, 4) is 44.8 Å². The van der Waals surface area contributed by atoms with Crippen molar-refractivity contribution in [1.82, 2.24) is 9.13 Å². The number of hydrogen-bond donors (Lipinski definition) is 0. The maximum Gasteiger partial charge on any atom is 0.0625 e. The van der Waals surface area contributed by atoms with Crippen LogP contribution >= 0.6 is 0 Å². The standard InChI is InChI=1S/C51H36N2/c1-51(2)43-22-12-9-20-39(43)48-44(51)32-41(50-49(48)40-21-11-14-24-46(40)53(50)36-17-7-4-8-18-36)35-27-30-47-42(31-35)38-19-10-13-23-45(38)52(47)37-28-25-34(26-29-37)33-15-5-3-6-16-33/h3-32H,1-2H3. The molecule has 11 rings (SSSR count). The Kier molecular flexibility index (Phi) is 6.33. The Bertz CT molecular complexity index is 3050. The molecule has 0 radical (unpaired) electrons. The van der Waals surface area contributed by atoms with Crippen LogP contribution in [0.3, 0.4) is 0 Å². The second kappa shape index (κ2) is 11.2. The summed E-state index contributed by atoms with van der Waals surface area (Å²) in [7, 11) is 0. The summed E-state index contributed by atoms with van der Waals surface area (Å²) >= 11 is 0. The number of aromatic nitrogens is 2. The summed E-state index contributed by atoms with van der Waals surface area (Å²) in [6.07, 6.45) is 0. The van der Waals surface area contributed by atoms with Crippen molar-refractivity contribution in [3.05, 3.63) is 193 Å². The smallest absolute Gasteiger partial charge is 0.0625 e. The molecule has 2 aromatic heterocycles. The van der Waals surface area contributed by atoms with Crippen LogP contribution in [0.1, 0.15) is 25.0 Å². The lowest BCUT2D eigenvalue weighted by Gasteiger charge is -2.23. The molecule has 0 saturated heterocycles. The molecule has 0 saturated carbocycles. The van der Waals surface area contributed by atoms with Crippen LogP contribution < -0.4 is 0 Å². The second-order valence-corrected chi connectivity index (χ2v) is 14.9. The van der Waals surface area contributed by atoms with Gasteiger partial charge in [0.15, 0.2) is 0 Å². The monoisotopic (exact) mass is 676 g/mol. The Labute approximate surface area is 308 Å². The highest BCUT2D eigenvalue weighted by Crippen LogP contribution is 2.55. The SMILES string of the molecule is CC1(C)c2ccccc2-c2c1cc(-c1ccc3c(c1)c1ccccc1n3-c1ccc(-c3ccccc3)cc1)c1c2c2ccccc2n1-c1ccccc1. The van der Waals surface area contributed by atoms with Crippen LogP contribution in [0.2, 0.25) is 0 Å². The largest absolute Gasteiger partial charge is 0.309 e. The van der Waals surface area contributed by atoms with Gasteiger partial charge in [0.1, 0.15) is 0 Å². The average Bonchev–Trinajstić information content (AvgIpc) is 3.81. The lowest BCUT2D eigenvalue weighted by Crippen LogP contribution is -2.15. The highest BCUT2D eigenvalue weighted by atomic mass is 15.0. The van der Waals surface area contributed by atoms with Crippen molar-refractivity contribution < 1.29 is 0 Å². The molecular formula is C51H36N2. The lowest BCUT2D eigenvalue weighted by molar-refractivity contribution is 0.661. The topological polar surface area (TPSA) is 9.86 Å². The Morgan fingerprint density at radius 2 is 0.943 bits per heavy atom. The summed E-state index contributed by atoms with van der Waals surface area (Å²) < 4.78 is 4.91. The van der Waals surface area contributed by atoms with Gasteiger partial charge < -0.3 is 9.13 Å². The van der Waals surface area contributed by atoms with Gasteiger partial charge in [-0.05, 0) is 93.5 Å². The fraction of sp³-hybridized carbons (Fsp3) is 0.0588. The number of fused-ring (bicyclic) bond motifs is 10. The minimum absolute atomic E-state index is 0.142. The fourth-order valence-corrected chi connectivity index (χ4v) is 9.25. The molecule has 250 valence electrons. The predicted molar refractivity (Wildman–Crippen MR) is 224 cm³/mol. The van der Waals surface area contributed by atoms with Gasteiger partial charge >= 0.3 is 0 Å². The maximum absolute atomic E-state index is 2.51. The van der Waals surface area contributed by atoms with Gasteiger partial charge in [0.2, 0.25) is 0 Å². The van der Waals surface area contributed by atoms with Gasteiger partial charge in [-0.2, -0.15) is 0 Å². The first-order valence-corrected chi connectivity index (χ1v) is 18.5. The van der Waals surface area contributed by atoms with Crippen molar-refractivity contribution in [2.24, 2.45) is 0 Å². The van der Waals surface area contributed by atoms with Gasteiger partial charge in [0.25, 0.3) is 0 Å². The van der Waals surface area contributed by atoms with E-state index in [1.807, 2.05) is 0 Å². The van der Waals surface area contributed by atoms with Gasteiger partial charge in [-0.15, -0.1) is 0 Å². The summed E-state index contributed by atoms with van der Waals surface area (Å²) in [6, 6.07) is 66.9.